The molecule has 20 heavy (non-hydrogen) atoms. The fourth-order valence-corrected chi connectivity index (χ4v) is 3.61. The number of fused-ring (bicyclic) bond motifs is 1. The van der Waals surface area contributed by atoms with Gasteiger partial charge in [-0.15, -0.1) is 0 Å². The van der Waals surface area contributed by atoms with Gasteiger partial charge in [0.2, 0.25) is 0 Å². The molecular formula is C16H22ClNO2. The van der Waals surface area contributed by atoms with Crippen molar-refractivity contribution in [1.82, 2.24) is 5.32 Å². The molecule has 1 N–H and O–H groups in total. The minimum Gasteiger partial charge on any atom is -0.487 e. The van der Waals surface area contributed by atoms with Gasteiger partial charge >= 0.3 is 0 Å². The molecule has 0 aliphatic carbocycles. The first-order valence-corrected chi connectivity index (χ1v) is 7.81. The molecule has 3 rings (SSSR count). The molecule has 0 aromatic heterocycles. The Morgan fingerprint density at radius 1 is 1.40 bits per heavy atom. The molecule has 1 fully saturated rings. The van der Waals surface area contributed by atoms with E-state index in [-0.39, 0.29) is 5.60 Å². The summed E-state index contributed by atoms with van der Waals surface area (Å²) in [5.74, 6) is 0.969. The van der Waals surface area contributed by atoms with Crippen LogP contribution < -0.4 is 10.1 Å². The standard InChI is InChI=1S/C16H22ClNO2/c1-3-12-9-16(6-7-19-12)10-14(18-2)13-8-11(17)4-5-15(13)20-16/h4-5,8,12,14,18H,3,6-7,9-10H2,1-2H3. The molecule has 2 aliphatic heterocycles. The topological polar surface area (TPSA) is 30.5 Å². The van der Waals surface area contributed by atoms with Crippen molar-refractivity contribution in [3.05, 3.63) is 28.8 Å². The first kappa shape index (κ1) is 14.2. The van der Waals surface area contributed by atoms with E-state index in [2.05, 4.69) is 12.2 Å². The van der Waals surface area contributed by atoms with Crippen LogP contribution in [-0.4, -0.2) is 25.4 Å². The van der Waals surface area contributed by atoms with Crippen LogP contribution in [0.5, 0.6) is 5.75 Å². The Bertz CT molecular complexity index is 493. The zero-order valence-corrected chi connectivity index (χ0v) is 12.9. The van der Waals surface area contributed by atoms with Crippen molar-refractivity contribution in [2.75, 3.05) is 13.7 Å². The van der Waals surface area contributed by atoms with Gasteiger partial charge in [-0.2, -0.15) is 0 Å². The summed E-state index contributed by atoms with van der Waals surface area (Å²) in [6.45, 7) is 2.97. The van der Waals surface area contributed by atoms with Gasteiger partial charge in [0, 0.05) is 35.9 Å². The first-order valence-electron chi connectivity index (χ1n) is 7.43. The third-order valence-electron chi connectivity index (χ3n) is 4.56. The second kappa shape index (κ2) is 5.55. The highest BCUT2D eigenvalue weighted by Gasteiger charge is 2.44. The number of benzene rings is 1. The van der Waals surface area contributed by atoms with Crippen LogP contribution in [0.15, 0.2) is 18.2 Å². The van der Waals surface area contributed by atoms with Gasteiger partial charge in [0.1, 0.15) is 11.4 Å². The Kier molecular flexibility index (Phi) is 3.93. The normalized spacial score (nSPS) is 32.8. The Morgan fingerprint density at radius 3 is 3.00 bits per heavy atom. The number of ether oxygens (including phenoxy) is 2. The van der Waals surface area contributed by atoms with Gasteiger partial charge in [-0.25, -0.2) is 0 Å². The number of nitrogens with one attached hydrogen (secondary N) is 1. The summed E-state index contributed by atoms with van der Waals surface area (Å²) in [4.78, 5) is 0. The van der Waals surface area contributed by atoms with Crippen LogP contribution in [0.25, 0.3) is 0 Å². The largest absolute Gasteiger partial charge is 0.487 e. The monoisotopic (exact) mass is 295 g/mol. The average molecular weight is 296 g/mol. The molecule has 3 atom stereocenters. The Labute approximate surface area is 125 Å². The van der Waals surface area contributed by atoms with Gasteiger partial charge < -0.3 is 14.8 Å². The molecule has 1 aromatic rings. The summed E-state index contributed by atoms with van der Waals surface area (Å²) >= 11 is 6.12. The van der Waals surface area contributed by atoms with Gasteiger partial charge in [-0.05, 0) is 31.7 Å². The summed E-state index contributed by atoms with van der Waals surface area (Å²) < 4.78 is 12.2. The summed E-state index contributed by atoms with van der Waals surface area (Å²) in [6, 6.07) is 6.22. The van der Waals surface area contributed by atoms with Crippen molar-refractivity contribution in [2.45, 2.75) is 50.4 Å². The summed E-state index contributed by atoms with van der Waals surface area (Å²) in [6.07, 6.45) is 4.28. The molecule has 2 heterocycles. The fraction of sp³-hybridized carbons (Fsp3) is 0.625. The van der Waals surface area contributed by atoms with E-state index in [1.54, 1.807) is 0 Å². The van der Waals surface area contributed by atoms with E-state index in [0.29, 0.717) is 12.1 Å². The van der Waals surface area contributed by atoms with Crippen LogP contribution in [0.2, 0.25) is 5.02 Å². The van der Waals surface area contributed by atoms with Crippen LogP contribution in [0.1, 0.15) is 44.2 Å². The lowest BCUT2D eigenvalue weighted by Crippen LogP contribution is -2.49. The molecule has 0 amide bonds. The zero-order valence-electron chi connectivity index (χ0n) is 12.1. The van der Waals surface area contributed by atoms with Gasteiger partial charge in [-0.3, -0.25) is 0 Å². The molecule has 0 radical (unpaired) electrons. The minimum atomic E-state index is -0.0898. The predicted molar refractivity (Wildman–Crippen MR) is 80.5 cm³/mol. The molecule has 1 aromatic carbocycles. The molecule has 0 saturated carbocycles. The van der Waals surface area contributed by atoms with E-state index in [0.717, 1.165) is 43.1 Å². The maximum Gasteiger partial charge on any atom is 0.125 e. The van der Waals surface area contributed by atoms with E-state index in [1.807, 2.05) is 25.2 Å². The maximum absolute atomic E-state index is 6.40. The van der Waals surface area contributed by atoms with Crippen molar-refractivity contribution in [1.29, 1.82) is 0 Å². The third-order valence-corrected chi connectivity index (χ3v) is 4.80. The maximum atomic E-state index is 6.40. The highest BCUT2D eigenvalue weighted by atomic mass is 35.5. The molecule has 2 aliphatic rings. The van der Waals surface area contributed by atoms with Gasteiger partial charge in [0.05, 0.1) is 12.7 Å². The number of hydrogen-bond donors (Lipinski definition) is 1. The molecule has 0 bridgehead atoms. The Morgan fingerprint density at radius 2 is 2.25 bits per heavy atom. The summed E-state index contributed by atoms with van der Waals surface area (Å²) in [5, 5.41) is 4.18. The van der Waals surface area contributed by atoms with Crippen LogP contribution in [-0.2, 0) is 4.74 Å². The molecule has 3 nitrogen and oxygen atoms in total. The average Bonchev–Trinajstić information content (AvgIpc) is 2.47. The van der Waals surface area contributed by atoms with Crippen LogP contribution in [0, 0.1) is 0 Å². The smallest absolute Gasteiger partial charge is 0.125 e. The van der Waals surface area contributed by atoms with E-state index in [1.165, 1.54) is 5.56 Å². The lowest BCUT2D eigenvalue weighted by atomic mass is 9.79. The minimum absolute atomic E-state index is 0.0898. The van der Waals surface area contributed by atoms with E-state index >= 15 is 0 Å². The quantitative estimate of drug-likeness (QED) is 0.902. The van der Waals surface area contributed by atoms with Gasteiger partial charge in [-0.1, -0.05) is 18.5 Å². The zero-order chi connectivity index (χ0) is 14.2. The predicted octanol–water partition coefficient (Wildman–Crippen LogP) is 3.71. The molecule has 110 valence electrons. The van der Waals surface area contributed by atoms with Crippen molar-refractivity contribution < 1.29 is 9.47 Å². The van der Waals surface area contributed by atoms with E-state index in [9.17, 15) is 0 Å². The molecule has 3 unspecified atom stereocenters. The molecule has 1 spiro atoms. The van der Waals surface area contributed by atoms with Crippen molar-refractivity contribution in [2.24, 2.45) is 0 Å². The number of hydrogen-bond acceptors (Lipinski definition) is 3. The van der Waals surface area contributed by atoms with Crippen molar-refractivity contribution >= 4 is 11.6 Å². The van der Waals surface area contributed by atoms with Crippen LogP contribution in [0.4, 0.5) is 0 Å². The van der Waals surface area contributed by atoms with Crippen molar-refractivity contribution in [3.63, 3.8) is 0 Å². The number of rotatable bonds is 2. The lowest BCUT2D eigenvalue weighted by Gasteiger charge is -2.46. The summed E-state index contributed by atoms with van der Waals surface area (Å²) in [5.41, 5.74) is 1.08. The van der Waals surface area contributed by atoms with Gasteiger partial charge in [0.15, 0.2) is 0 Å². The SMILES string of the molecule is CCC1CC2(CCO1)CC(NC)c1cc(Cl)ccc1O2. The van der Waals surface area contributed by atoms with Gasteiger partial charge in [0.25, 0.3) is 0 Å². The molecule has 1 saturated heterocycles. The van der Waals surface area contributed by atoms with Crippen molar-refractivity contribution in [3.8, 4) is 5.75 Å². The Hall–Kier alpha value is -0.770. The Balaban J connectivity index is 1.92. The van der Waals surface area contributed by atoms with E-state index < -0.39 is 0 Å². The summed E-state index contributed by atoms with van der Waals surface area (Å²) in [7, 11) is 2.00. The highest BCUT2D eigenvalue weighted by molar-refractivity contribution is 6.30. The second-order valence-electron chi connectivity index (χ2n) is 5.87. The molecular weight excluding hydrogens is 274 g/mol. The third kappa shape index (κ3) is 2.54. The first-order chi connectivity index (χ1) is 9.65. The molecule has 4 heteroatoms. The lowest BCUT2D eigenvalue weighted by molar-refractivity contribution is -0.103. The van der Waals surface area contributed by atoms with Crippen LogP contribution in [0.3, 0.4) is 0 Å². The van der Waals surface area contributed by atoms with E-state index in [4.69, 9.17) is 21.1 Å². The number of halogens is 1. The fourth-order valence-electron chi connectivity index (χ4n) is 3.43. The van der Waals surface area contributed by atoms with Crippen LogP contribution >= 0.6 is 11.6 Å². The second-order valence-corrected chi connectivity index (χ2v) is 6.30. The highest BCUT2D eigenvalue weighted by Crippen LogP contribution is 2.45.